The van der Waals surface area contributed by atoms with Crippen LogP contribution in [-0.4, -0.2) is 44.7 Å². The minimum absolute atomic E-state index is 0.143. The number of carbonyl (C=O) groups excluding carboxylic acids is 1. The Morgan fingerprint density at radius 2 is 2.33 bits per heavy atom. The largest absolute Gasteiger partial charge is 0.465 e. The molecule has 1 aromatic rings. The van der Waals surface area contributed by atoms with E-state index in [0.717, 1.165) is 18.0 Å². The summed E-state index contributed by atoms with van der Waals surface area (Å²) in [6.07, 6.45) is 3.80. The number of aromatic nitrogens is 3. The molecule has 0 amide bonds. The fourth-order valence-electron chi connectivity index (χ4n) is 2.49. The maximum absolute atomic E-state index is 12.6. The first-order valence-electron chi connectivity index (χ1n) is 7.41. The minimum atomic E-state index is -0.624. The van der Waals surface area contributed by atoms with E-state index in [-0.39, 0.29) is 12.0 Å². The van der Waals surface area contributed by atoms with Gasteiger partial charge in [-0.25, -0.2) is 0 Å². The molecule has 6 nitrogen and oxygen atoms in total. The predicted molar refractivity (Wildman–Crippen MR) is 82.1 cm³/mol. The molecule has 1 aliphatic carbocycles. The molecule has 1 unspecified atom stereocenters. The summed E-state index contributed by atoms with van der Waals surface area (Å²) in [5.41, 5.74) is -0.624. The van der Waals surface area contributed by atoms with E-state index in [0.29, 0.717) is 18.3 Å². The van der Waals surface area contributed by atoms with Crippen molar-refractivity contribution in [2.24, 2.45) is 13.0 Å². The molecule has 0 spiro atoms. The van der Waals surface area contributed by atoms with Gasteiger partial charge in [0.05, 0.1) is 6.61 Å². The van der Waals surface area contributed by atoms with Gasteiger partial charge < -0.3 is 9.30 Å². The molecule has 1 heterocycles. The highest BCUT2D eigenvalue weighted by Crippen LogP contribution is 2.43. The Labute approximate surface area is 130 Å². The van der Waals surface area contributed by atoms with Crippen molar-refractivity contribution in [1.29, 1.82) is 0 Å². The van der Waals surface area contributed by atoms with Crippen molar-refractivity contribution in [3.8, 4) is 0 Å². The Balaban J connectivity index is 2.17. The molecular formula is C14H24N4O2S. The van der Waals surface area contributed by atoms with Gasteiger partial charge in [0, 0.05) is 18.8 Å². The zero-order valence-corrected chi connectivity index (χ0v) is 13.9. The molecule has 1 aliphatic rings. The zero-order chi connectivity index (χ0) is 15.5. The van der Waals surface area contributed by atoms with Crippen molar-refractivity contribution < 1.29 is 9.53 Å². The van der Waals surface area contributed by atoms with Crippen LogP contribution in [0.25, 0.3) is 0 Å². The van der Waals surface area contributed by atoms with Gasteiger partial charge in [0.15, 0.2) is 5.16 Å². The van der Waals surface area contributed by atoms with Crippen LogP contribution >= 0.6 is 11.8 Å². The molecule has 118 valence electrons. The van der Waals surface area contributed by atoms with Crippen LogP contribution in [0.15, 0.2) is 11.5 Å². The Bertz CT molecular complexity index is 487. The maximum Gasteiger partial charge on any atom is 0.327 e. The number of thioether (sulfide) groups is 1. The molecule has 7 heteroatoms. The molecule has 1 N–H and O–H groups in total. The monoisotopic (exact) mass is 312 g/mol. The summed E-state index contributed by atoms with van der Waals surface area (Å²) < 4.78 is 7.22. The molecule has 1 atom stereocenters. The van der Waals surface area contributed by atoms with Gasteiger partial charge in [-0.05, 0) is 39.5 Å². The molecule has 0 aromatic carbocycles. The van der Waals surface area contributed by atoms with Gasteiger partial charge in [-0.3, -0.25) is 10.1 Å². The van der Waals surface area contributed by atoms with E-state index in [2.05, 4.69) is 29.4 Å². The first-order valence-corrected chi connectivity index (χ1v) is 8.40. The van der Waals surface area contributed by atoms with Crippen LogP contribution in [0.5, 0.6) is 0 Å². The van der Waals surface area contributed by atoms with E-state index in [9.17, 15) is 4.79 Å². The summed E-state index contributed by atoms with van der Waals surface area (Å²) in [6, 6.07) is 0.218. The molecule has 21 heavy (non-hydrogen) atoms. The molecule has 1 fully saturated rings. The van der Waals surface area contributed by atoms with Crippen LogP contribution < -0.4 is 5.32 Å². The average molecular weight is 312 g/mol. The van der Waals surface area contributed by atoms with Crippen LogP contribution in [0, 0.1) is 5.92 Å². The number of hydrogen-bond donors (Lipinski definition) is 1. The number of nitrogens with one attached hydrogen (secondary N) is 1. The molecule has 0 aliphatic heterocycles. The second-order valence-electron chi connectivity index (χ2n) is 5.78. The van der Waals surface area contributed by atoms with Crippen LogP contribution in [-0.2, 0) is 16.6 Å². The highest BCUT2D eigenvalue weighted by atomic mass is 32.2. The second kappa shape index (κ2) is 6.79. The number of esters is 1. The SMILES string of the molecule is CCOC(=O)C(CSc1nncn1C)(NC(C)C)C1CC1. The van der Waals surface area contributed by atoms with Gasteiger partial charge in [0.25, 0.3) is 0 Å². The number of carbonyl (C=O) groups is 1. The molecule has 0 radical (unpaired) electrons. The van der Waals surface area contributed by atoms with E-state index in [1.165, 1.54) is 0 Å². The number of hydrogen-bond acceptors (Lipinski definition) is 6. The summed E-state index contributed by atoms with van der Waals surface area (Å²) in [7, 11) is 1.90. The topological polar surface area (TPSA) is 69.0 Å². The maximum atomic E-state index is 12.6. The first kappa shape index (κ1) is 16.3. The van der Waals surface area contributed by atoms with Gasteiger partial charge in [-0.2, -0.15) is 0 Å². The van der Waals surface area contributed by atoms with E-state index >= 15 is 0 Å². The predicted octanol–water partition coefficient (Wildman–Crippen LogP) is 1.62. The lowest BCUT2D eigenvalue weighted by molar-refractivity contribution is -0.151. The van der Waals surface area contributed by atoms with Crippen molar-refractivity contribution in [3.63, 3.8) is 0 Å². The van der Waals surface area contributed by atoms with Gasteiger partial charge in [0.2, 0.25) is 0 Å². The molecule has 2 rings (SSSR count). The summed E-state index contributed by atoms with van der Waals surface area (Å²) >= 11 is 1.55. The smallest absolute Gasteiger partial charge is 0.327 e. The summed E-state index contributed by atoms with van der Waals surface area (Å²) in [5, 5.41) is 12.2. The average Bonchev–Trinajstić information content (AvgIpc) is 3.19. The molecule has 0 bridgehead atoms. The van der Waals surface area contributed by atoms with Gasteiger partial charge in [-0.15, -0.1) is 10.2 Å². The standard InChI is InChI=1S/C14H24N4O2S/c1-5-20-12(19)14(11-6-7-11,16-10(2)3)8-21-13-17-15-9-18(13)4/h9-11,16H,5-8H2,1-4H3. The van der Waals surface area contributed by atoms with E-state index in [4.69, 9.17) is 4.74 Å². The Morgan fingerprint density at radius 3 is 2.81 bits per heavy atom. The molecule has 1 aromatic heterocycles. The van der Waals surface area contributed by atoms with Crippen molar-refractivity contribution in [2.45, 2.75) is 50.4 Å². The fourth-order valence-corrected chi connectivity index (χ4v) is 3.64. The minimum Gasteiger partial charge on any atom is -0.465 e. The van der Waals surface area contributed by atoms with Gasteiger partial charge in [-0.1, -0.05) is 11.8 Å². The third kappa shape index (κ3) is 3.77. The molecule has 0 saturated heterocycles. The lowest BCUT2D eigenvalue weighted by atomic mass is 9.94. The lowest BCUT2D eigenvalue weighted by Crippen LogP contribution is -2.59. The Hall–Kier alpha value is -1.08. The first-order chi connectivity index (χ1) is 9.99. The van der Waals surface area contributed by atoms with Crippen LogP contribution in [0.4, 0.5) is 0 Å². The quantitative estimate of drug-likeness (QED) is 0.581. The highest BCUT2D eigenvalue weighted by Gasteiger charge is 2.52. The Morgan fingerprint density at radius 1 is 1.62 bits per heavy atom. The fraction of sp³-hybridized carbons (Fsp3) is 0.786. The number of nitrogens with zero attached hydrogens (tertiary/aromatic N) is 3. The Kier molecular flexibility index (Phi) is 5.27. The highest BCUT2D eigenvalue weighted by molar-refractivity contribution is 7.99. The van der Waals surface area contributed by atoms with E-state index in [1.54, 1.807) is 18.1 Å². The second-order valence-corrected chi connectivity index (χ2v) is 6.72. The van der Waals surface area contributed by atoms with Crippen LogP contribution in [0.3, 0.4) is 0 Å². The van der Waals surface area contributed by atoms with Crippen LogP contribution in [0.2, 0.25) is 0 Å². The normalized spacial score (nSPS) is 17.8. The summed E-state index contributed by atoms with van der Waals surface area (Å²) in [6.45, 7) is 6.37. The van der Waals surface area contributed by atoms with Crippen LogP contribution in [0.1, 0.15) is 33.6 Å². The number of ether oxygens (including phenoxy) is 1. The number of aryl methyl sites for hydroxylation is 1. The molecular weight excluding hydrogens is 288 g/mol. The van der Waals surface area contributed by atoms with Crippen molar-refractivity contribution in [3.05, 3.63) is 6.33 Å². The van der Waals surface area contributed by atoms with E-state index < -0.39 is 5.54 Å². The van der Waals surface area contributed by atoms with E-state index in [1.807, 2.05) is 18.5 Å². The number of rotatable bonds is 8. The van der Waals surface area contributed by atoms with Crippen molar-refractivity contribution >= 4 is 17.7 Å². The third-order valence-corrected chi connectivity index (χ3v) is 4.79. The van der Waals surface area contributed by atoms with Crippen molar-refractivity contribution in [1.82, 2.24) is 20.1 Å². The van der Waals surface area contributed by atoms with Crippen molar-refractivity contribution in [2.75, 3.05) is 12.4 Å². The molecule has 1 saturated carbocycles. The lowest BCUT2D eigenvalue weighted by Gasteiger charge is -2.34. The summed E-state index contributed by atoms with van der Waals surface area (Å²) in [4.78, 5) is 12.6. The third-order valence-electron chi connectivity index (χ3n) is 3.56. The van der Waals surface area contributed by atoms with Gasteiger partial charge >= 0.3 is 5.97 Å². The zero-order valence-electron chi connectivity index (χ0n) is 13.1. The van der Waals surface area contributed by atoms with Gasteiger partial charge in [0.1, 0.15) is 11.9 Å². The summed E-state index contributed by atoms with van der Waals surface area (Å²) in [5.74, 6) is 0.817.